The number of hydrogen-bond acceptors (Lipinski definition) is 3. The normalized spacial score (nSPS) is 33.0. The first kappa shape index (κ1) is 17.2. The van der Waals surface area contributed by atoms with Crippen molar-refractivity contribution in [1.29, 1.82) is 0 Å². The molecule has 3 unspecified atom stereocenters. The Morgan fingerprint density at radius 3 is 2.70 bits per heavy atom. The molecule has 2 aliphatic heterocycles. The number of aromatic nitrogens is 2. The molecule has 2 saturated carbocycles. The molecular weight excluding hydrogens is 345 g/mol. The van der Waals surface area contributed by atoms with Crippen LogP contribution in [0.25, 0.3) is 10.9 Å². The Hall–Kier alpha value is -1.95. The molecule has 5 nitrogen and oxygen atoms in total. The summed E-state index contributed by atoms with van der Waals surface area (Å²) in [6.45, 7) is 1.96. The number of halogens is 1. The maximum Gasteiger partial charge on any atom is 0.223 e. The highest BCUT2D eigenvalue weighted by Crippen LogP contribution is 2.51. The van der Waals surface area contributed by atoms with E-state index < -0.39 is 5.60 Å². The van der Waals surface area contributed by atoms with Gasteiger partial charge in [0.1, 0.15) is 5.82 Å². The van der Waals surface area contributed by atoms with Crippen LogP contribution >= 0.6 is 0 Å². The lowest BCUT2D eigenvalue weighted by atomic mass is 9.61. The highest BCUT2D eigenvalue weighted by molar-refractivity contribution is 5.84. The average molecular weight is 371 g/mol. The molecule has 0 spiro atoms. The van der Waals surface area contributed by atoms with Crippen LogP contribution in [-0.4, -0.2) is 43.4 Å². The van der Waals surface area contributed by atoms with Crippen molar-refractivity contribution < 1.29 is 14.3 Å². The second-order valence-electron chi connectivity index (χ2n) is 9.03. The van der Waals surface area contributed by atoms with Gasteiger partial charge in [0, 0.05) is 31.5 Å². The Kier molecular flexibility index (Phi) is 3.67. The minimum atomic E-state index is -0.556. The van der Waals surface area contributed by atoms with Crippen LogP contribution in [-0.2, 0) is 11.8 Å². The Morgan fingerprint density at radius 2 is 2.04 bits per heavy atom. The second-order valence-corrected chi connectivity index (χ2v) is 9.03. The van der Waals surface area contributed by atoms with Gasteiger partial charge in [-0.05, 0) is 50.2 Å². The van der Waals surface area contributed by atoms with Gasteiger partial charge in [-0.1, -0.05) is 13.0 Å². The minimum absolute atomic E-state index is 0.120. The Balaban J connectivity index is 1.39. The van der Waals surface area contributed by atoms with Gasteiger partial charge < -0.3 is 10.0 Å². The molecular formula is C21H26FN3O2. The summed E-state index contributed by atoms with van der Waals surface area (Å²) in [5.41, 5.74) is 0.850. The summed E-state index contributed by atoms with van der Waals surface area (Å²) < 4.78 is 16.1. The molecule has 3 atom stereocenters. The molecule has 144 valence electrons. The lowest BCUT2D eigenvalue weighted by Crippen LogP contribution is -2.65. The monoisotopic (exact) mass is 371 g/mol. The molecule has 2 saturated heterocycles. The molecule has 1 N–H and O–H groups in total. The summed E-state index contributed by atoms with van der Waals surface area (Å²) in [6.07, 6.45) is 4.68. The maximum absolute atomic E-state index is 14.4. The number of benzene rings is 1. The Labute approximate surface area is 158 Å². The first-order valence-corrected chi connectivity index (χ1v) is 9.99. The van der Waals surface area contributed by atoms with Crippen molar-refractivity contribution in [2.24, 2.45) is 13.0 Å². The van der Waals surface area contributed by atoms with Gasteiger partial charge in [0.15, 0.2) is 0 Å². The number of aryl methyl sites for hydroxylation is 1. The van der Waals surface area contributed by atoms with Crippen LogP contribution in [0.1, 0.15) is 57.1 Å². The molecule has 1 aromatic heterocycles. The number of aliphatic hydroxyl groups is 1. The van der Waals surface area contributed by atoms with Gasteiger partial charge in [-0.2, -0.15) is 5.10 Å². The van der Waals surface area contributed by atoms with E-state index in [0.29, 0.717) is 36.3 Å². The minimum Gasteiger partial charge on any atom is -0.390 e. The van der Waals surface area contributed by atoms with Crippen LogP contribution in [0.4, 0.5) is 4.39 Å². The average Bonchev–Trinajstić information content (AvgIpc) is 2.91. The van der Waals surface area contributed by atoms with E-state index in [1.54, 1.807) is 10.7 Å². The quantitative estimate of drug-likeness (QED) is 0.902. The van der Waals surface area contributed by atoms with E-state index in [4.69, 9.17) is 0 Å². The second kappa shape index (κ2) is 5.77. The lowest BCUT2D eigenvalue weighted by Gasteiger charge is -2.59. The zero-order valence-corrected chi connectivity index (χ0v) is 15.9. The molecule has 4 bridgehead atoms. The van der Waals surface area contributed by atoms with Crippen molar-refractivity contribution in [3.8, 4) is 0 Å². The summed E-state index contributed by atoms with van der Waals surface area (Å²) in [7, 11) is 1.81. The molecule has 1 aromatic carbocycles. The predicted octanol–water partition coefficient (Wildman–Crippen LogP) is 3.11. The van der Waals surface area contributed by atoms with E-state index in [9.17, 15) is 14.3 Å². The van der Waals surface area contributed by atoms with Gasteiger partial charge in [0.2, 0.25) is 5.91 Å². The van der Waals surface area contributed by atoms with Crippen molar-refractivity contribution in [1.82, 2.24) is 14.7 Å². The zero-order chi connectivity index (χ0) is 18.9. The fourth-order valence-corrected chi connectivity index (χ4v) is 6.10. The molecule has 1 amide bonds. The fraction of sp³-hybridized carbons (Fsp3) is 0.619. The molecule has 0 radical (unpaired) electrons. The number of carbonyl (C=O) groups is 1. The number of rotatable bonds is 3. The van der Waals surface area contributed by atoms with E-state index >= 15 is 0 Å². The summed E-state index contributed by atoms with van der Waals surface area (Å²) in [6, 6.07) is 5.32. The van der Waals surface area contributed by atoms with Crippen LogP contribution in [0, 0.1) is 11.7 Å². The smallest absolute Gasteiger partial charge is 0.223 e. The van der Waals surface area contributed by atoms with Gasteiger partial charge in [-0.15, -0.1) is 0 Å². The molecule has 27 heavy (non-hydrogen) atoms. The molecule has 2 aliphatic carbocycles. The number of nitrogens with zero attached hydrogens (tertiary/aromatic N) is 3. The summed E-state index contributed by atoms with van der Waals surface area (Å²) in [5.74, 6) is 0.239. The number of carbonyl (C=O) groups excluding carboxylic acids is 1. The molecule has 4 aliphatic rings. The lowest BCUT2D eigenvalue weighted by molar-refractivity contribution is -0.174. The highest BCUT2D eigenvalue weighted by atomic mass is 19.1. The van der Waals surface area contributed by atoms with E-state index in [2.05, 4.69) is 5.10 Å². The van der Waals surface area contributed by atoms with Crippen molar-refractivity contribution in [3.05, 3.63) is 29.7 Å². The van der Waals surface area contributed by atoms with E-state index in [1.807, 2.05) is 24.9 Å². The number of amides is 1. The van der Waals surface area contributed by atoms with Crippen molar-refractivity contribution in [2.75, 3.05) is 0 Å². The summed E-state index contributed by atoms with van der Waals surface area (Å²) in [4.78, 5) is 15.2. The molecule has 6 heteroatoms. The van der Waals surface area contributed by atoms with Gasteiger partial charge in [-0.25, -0.2) is 4.39 Å². The number of fused-ring (bicyclic) bond motifs is 1. The Bertz CT molecular complexity index is 908. The maximum atomic E-state index is 14.4. The Morgan fingerprint density at radius 1 is 1.33 bits per heavy atom. The number of hydrogen-bond donors (Lipinski definition) is 1. The molecule has 3 heterocycles. The number of piperidine rings is 2. The largest absolute Gasteiger partial charge is 0.390 e. The van der Waals surface area contributed by atoms with Crippen LogP contribution in [0.2, 0.25) is 0 Å². The molecule has 6 rings (SSSR count). The van der Waals surface area contributed by atoms with E-state index in [-0.39, 0.29) is 29.7 Å². The third kappa shape index (κ3) is 2.60. The van der Waals surface area contributed by atoms with E-state index in [0.717, 1.165) is 24.8 Å². The van der Waals surface area contributed by atoms with Crippen molar-refractivity contribution >= 4 is 16.8 Å². The molecule has 4 fully saturated rings. The first-order valence-electron chi connectivity index (χ1n) is 9.99. The topological polar surface area (TPSA) is 58.4 Å². The SMILES string of the molecule is CC(CC(=O)N1C2CC3CC1CC(O)(C3)C2)c1nn(C)c2cccc(F)c12. The van der Waals surface area contributed by atoms with Crippen LogP contribution in [0.5, 0.6) is 0 Å². The van der Waals surface area contributed by atoms with Gasteiger partial charge in [0.25, 0.3) is 0 Å². The zero-order valence-electron chi connectivity index (χ0n) is 15.9. The van der Waals surface area contributed by atoms with Crippen LogP contribution in [0.15, 0.2) is 18.2 Å². The highest BCUT2D eigenvalue weighted by Gasteiger charge is 2.54. The van der Waals surface area contributed by atoms with Crippen molar-refractivity contribution in [3.63, 3.8) is 0 Å². The van der Waals surface area contributed by atoms with Crippen LogP contribution < -0.4 is 0 Å². The summed E-state index contributed by atoms with van der Waals surface area (Å²) >= 11 is 0. The van der Waals surface area contributed by atoms with Crippen LogP contribution in [0.3, 0.4) is 0 Å². The van der Waals surface area contributed by atoms with Gasteiger partial charge in [0.05, 0.1) is 22.2 Å². The fourth-order valence-electron chi connectivity index (χ4n) is 6.10. The van der Waals surface area contributed by atoms with Crippen molar-refractivity contribution in [2.45, 2.75) is 69.1 Å². The first-order chi connectivity index (χ1) is 12.8. The third-order valence-electron chi connectivity index (χ3n) is 6.99. The van der Waals surface area contributed by atoms with E-state index in [1.165, 1.54) is 6.07 Å². The third-order valence-corrected chi connectivity index (χ3v) is 6.99. The molecule has 2 aromatic rings. The predicted molar refractivity (Wildman–Crippen MR) is 99.7 cm³/mol. The standard InChI is InChI=1S/C21H26FN3O2/c1-12(20-19-16(22)4-3-5-17(19)24(2)23-20)6-18(26)25-14-7-13-8-15(25)11-21(27,9-13)10-14/h3-5,12-15,27H,6-11H2,1-2H3. The van der Waals surface area contributed by atoms with Gasteiger partial charge >= 0.3 is 0 Å². The summed E-state index contributed by atoms with van der Waals surface area (Å²) in [5, 5.41) is 15.8. The van der Waals surface area contributed by atoms with Gasteiger partial charge in [-0.3, -0.25) is 9.48 Å².